The molecule has 5 atom stereocenters. The molecular formula is C19H30O2. The molecule has 2 heteroatoms. The second-order valence-corrected chi connectivity index (χ2v) is 7.69. The summed E-state index contributed by atoms with van der Waals surface area (Å²) in [4.78, 5) is 11.7. The van der Waals surface area contributed by atoms with Crippen molar-refractivity contribution in [3.05, 3.63) is 24.8 Å². The largest absolute Gasteiger partial charge is 0.393 e. The second kappa shape index (κ2) is 6.08. The van der Waals surface area contributed by atoms with E-state index in [0.29, 0.717) is 5.92 Å². The van der Waals surface area contributed by atoms with Crippen molar-refractivity contribution in [2.45, 2.75) is 64.9 Å². The average Bonchev–Trinajstić information content (AvgIpc) is 2.45. The number of aldehydes is 1. The Morgan fingerprint density at radius 1 is 1.33 bits per heavy atom. The van der Waals surface area contributed by atoms with E-state index in [0.717, 1.165) is 50.5 Å². The molecule has 0 saturated heterocycles. The first-order chi connectivity index (χ1) is 9.87. The molecule has 21 heavy (non-hydrogen) atoms. The summed E-state index contributed by atoms with van der Waals surface area (Å²) in [5, 5.41) is 10.6. The predicted molar refractivity (Wildman–Crippen MR) is 86.9 cm³/mol. The Morgan fingerprint density at radius 2 is 2.05 bits per heavy atom. The Morgan fingerprint density at radius 3 is 2.67 bits per heavy atom. The first-order valence-electron chi connectivity index (χ1n) is 8.32. The number of aliphatic hydroxyl groups is 1. The van der Waals surface area contributed by atoms with Gasteiger partial charge in [0.05, 0.1) is 6.10 Å². The van der Waals surface area contributed by atoms with Crippen LogP contribution in [-0.2, 0) is 4.79 Å². The lowest BCUT2D eigenvalue weighted by atomic mass is 9.47. The quantitative estimate of drug-likeness (QED) is 0.606. The summed E-state index contributed by atoms with van der Waals surface area (Å²) >= 11 is 0. The highest BCUT2D eigenvalue weighted by atomic mass is 16.3. The van der Waals surface area contributed by atoms with Gasteiger partial charge in [0.2, 0.25) is 0 Å². The number of aliphatic hydroxyl groups excluding tert-OH is 1. The average molecular weight is 290 g/mol. The van der Waals surface area contributed by atoms with Crippen LogP contribution in [0.4, 0.5) is 0 Å². The van der Waals surface area contributed by atoms with Gasteiger partial charge in [0.25, 0.3) is 0 Å². The van der Waals surface area contributed by atoms with E-state index in [-0.39, 0.29) is 22.9 Å². The van der Waals surface area contributed by atoms with Gasteiger partial charge in [-0.15, -0.1) is 0 Å². The Hall–Kier alpha value is -0.890. The molecule has 0 radical (unpaired) electrons. The van der Waals surface area contributed by atoms with Crippen molar-refractivity contribution in [2.24, 2.45) is 22.7 Å². The van der Waals surface area contributed by atoms with Crippen LogP contribution in [-0.4, -0.2) is 17.5 Å². The first kappa shape index (κ1) is 16.5. The maximum Gasteiger partial charge on any atom is 0.126 e. The predicted octanol–water partition coefficient (Wildman–Crippen LogP) is 4.29. The van der Waals surface area contributed by atoms with Crippen molar-refractivity contribution < 1.29 is 9.90 Å². The third kappa shape index (κ3) is 2.88. The van der Waals surface area contributed by atoms with Crippen molar-refractivity contribution in [1.29, 1.82) is 0 Å². The molecule has 0 spiro atoms. The first-order valence-corrected chi connectivity index (χ1v) is 8.32. The number of allylic oxidation sites excluding steroid dienone is 2. The summed E-state index contributed by atoms with van der Waals surface area (Å²) in [5.41, 5.74) is 0.912. The maximum atomic E-state index is 11.7. The molecule has 2 fully saturated rings. The van der Waals surface area contributed by atoms with Crippen LogP contribution in [0.1, 0.15) is 58.8 Å². The van der Waals surface area contributed by atoms with Crippen molar-refractivity contribution in [3.8, 4) is 0 Å². The van der Waals surface area contributed by atoms with E-state index < -0.39 is 0 Å². The molecule has 0 aromatic heterocycles. The molecular weight excluding hydrogens is 260 g/mol. The van der Waals surface area contributed by atoms with Crippen LogP contribution in [0.3, 0.4) is 0 Å². The Bertz CT molecular complexity index is 427. The van der Waals surface area contributed by atoms with E-state index in [1.165, 1.54) is 6.29 Å². The van der Waals surface area contributed by atoms with Gasteiger partial charge in [-0.2, -0.15) is 0 Å². The number of hydrogen-bond acceptors (Lipinski definition) is 2. The molecule has 2 aliphatic carbocycles. The lowest BCUT2D eigenvalue weighted by Crippen LogP contribution is -2.54. The highest BCUT2D eigenvalue weighted by Crippen LogP contribution is 2.60. The summed E-state index contributed by atoms with van der Waals surface area (Å²) in [6.07, 6.45) is 9.63. The van der Waals surface area contributed by atoms with Gasteiger partial charge in [-0.25, -0.2) is 0 Å². The van der Waals surface area contributed by atoms with Gasteiger partial charge in [-0.1, -0.05) is 45.1 Å². The highest BCUT2D eigenvalue weighted by molar-refractivity contribution is 5.60. The molecule has 0 aliphatic heterocycles. The number of rotatable bonds is 5. The summed E-state index contributed by atoms with van der Waals surface area (Å²) in [7, 11) is 0. The van der Waals surface area contributed by atoms with Gasteiger partial charge >= 0.3 is 0 Å². The molecule has 1 N–H and O–H groups in total. The molecule has 0 aromatic rings. The van der Waals surface area contributed by atoms with Crippen LogP contribution >= 0.6 is 0 Å². The van der Waals surface area contributed by atoms with Crippen LogP contribution in [0.25, 0.3) is 0 Å². The van der Waals surface area contributed by atoms with Gasteiger partial charge < -0.3 is 9.90 Å². The third-order valence-electron chi connectivity index (χ3n) is 6.42. The van der Waals surface area contributed by atoms with E-state index in [9.17, 15) is 9.90 Å². The zero-order valence-corrected chi connectivity index (χ0v) is 13.6. The molecule has 0 heterocycles. The summed E-state index contributed by atoms with van der Waals surface area (Å²) < 4.78 is 0. The van der Waals surface area contributed by atoms with Crippen LogP contribution in [0, 0.1) is 22.7 Å². The molecule has 2 aliphatic rings. The van der Waals surface area contributed by atoms with E-state index in [2.05, 4.69) is 27.0 Å². The van der Waals surface area contributed by atoms with E-state index in [4.69, 9.17) is 0 Å². The number of carbonyl (C=O) groups excluding carboxylic acids is 1. The standard InChI is InChI=1S/C19H30O2/c1-5-14(2)7-8-15-16(21)9-10-17-18(3,13-20)11-6-12-19(15,17)4/h5,13,15-17,21H,1-2,6-12H2,3-4H3. The lowest BCUT2D eigenvalue weighted by molar-refractivity contribution is -0.146. The topological polar surface area (TPSA) is 37.3 Å². The second-order valence-electron chi connectivity index (χ2n) is 7.69. The normalized spacial score (nSPS) is 42.9. The minimum atomic E-state index is -0.238. The number of carbonyl (C=O) groups is 1. The summed E-state index contributed by atoms with van der Waals surface area (Å²) in [5.74, 6) is 0.675. The molecule has 0 aromatic carbocycles. The fourth-order valence-electron chi connectivity index (χ4n) is 5.14. The van der Waals surface area contributed by atoms with Crippen molar-refractivity contribution in [3.63, 3.8) is 0 Å². The molecule has 2 nitrogen and oxygen atoms in total. The SMILES string of the molecule is C=CC(=C)CCC1C(O)CCC2C(C)(C=O)CCCC12C. The Balaban J connectivity index is 2.24. The van der Waals surface area contributed by atoms with Crippen LogP contribution in [0.2, 0.25) is 0 Å². The van der Waals surface area contributed by atoms with Crippen LogP contribution < -0.4 is 0 Å². The fraction of sp³-hybridized carbons (Fsp3) is 0.737. The fourth-order valence-corrected chi connectivity index (χ4v) is 5.14. The zero-order chi connectivity index (χ0) is 15.7. The smallest absolute Gasteiger partial charge is 0.126 e. The molecule has 118 valence electrons. The van der Waals surface area contributed by atoms with Crippen molar-refractivity contribution >= 4 is 6.29 Å². The van der Waals surface area contributed by atoms with Crippen LogP contribution in [0.5, 0.6) is 0 Å². The minimum Gasteiger partial charge on any atom is -0.393 e. The summed E-state index contributed by atoms with van der Waals surface area (Å²) in [6.45, 7) is 12.2. The number of hydrogen-bond donors (Lipinski definition) is 1. The van der Waals surface area contributed by atoms with Crippen LogP contribution in [0.15, 0.2) is 24.8 Å². The van der Waals surface area contributed by atoms with E-state index >= 15 is 0 Å². The minimum absolute atomic E-state index is 0.0764. The van der Waals surface area contributed by atoms with Crippen molar-refractivity contribution in [2.75, 3.05) is 0 Å². The highest BCUT2D eigenvalue weighted by Gasteiger charge is 2.55. The molecule has 2 rings (SSSR count). The molecule has 2 saturated carbocycles. The van der Waals surface area contributed by atoms with Gasteiger partial charge in [0.15, 0.2) is 0 Å². The molecule has 0 bridgehead atoms. The van der Waals surface area contributed by atoms with E-state index in [1.807, 2.05) is 6.08 Å². The van der Waals surface area contributed by atoms with Gasteiger partial charge in [0.1, 0.15) is 6.29 Å². The summed E-state index contributed by atoms with van der Waals surface area (Å²) in [6, 6.07) is 0. The molecule has 0 amide bonds. The maximum absolute atomic E-state index is 11.7. The van der Waals surface area contributed by atoms with Gasteiger partial charge in [-0.05, 0) is 55.8 Å². The molecule has 5 unspecified atom stereocenters. The van der Waals surface area contributed by atoms with Crippen molar-refractivity contribution in [1.82, 2.24) is 0 Å². The van der Waals surface area contributed by atoms with E-state index in [1.54, 1.807) is 0 Å². The van der Waals surface area contributed by atoms with Gasteiger partial charge in [0, 0.05) is 5.41 Å². The monoisotopic (exact) mass is 290 g/mol. The third-order valence-corrected chi connectivity index (χ3v) is 6.42. The number of fused-ring (bicyclic) bond motifs is 1. The Labute approximate surface area is 129 Å². The zero-order valence-electron chi connectivity index (χ0n) is 13.6. The Kier molecular flexibility index (Phi) is 4.77. The lowest BCUT2D eigenvalue weighted by Gasteiger charge is -2.58. The van der Waals surface area contributed by atoms with Gasteiger partial charge in [-0.3, -0.25) is 0 Å².